The Morgan fingerprint density at radius 3 is 2.25 bits per heavy atom. The summed E-state index contributed by atoms with van der Waals surface area (Å²) in [6.07, 6.45) is 11.0. The minimum Gasteiger partial charge on any atom is -0.354 e. The van der Waals surface area contributed by atoms with Crippen molar-refractivity contribution < 1.29 is 18.4 Å². The lowest BCUT2D eigenvalue weighted by Gasteiger charge is -2.48. The van der Waals surface area contributed by atoms with Gasteiger partial charge in [0.1, 0.15) is 11.6 Å². The second-order valence-electron chi connectivity index (χ2n) is 9.74. The Morgan fingerprint density at radius 2 is 1.59 bits per heavy atom. The fourth-order valence-corrected chi connectivity index (χ4v) is 5.76. The summed E-state index contributed by atoms with van der Waals surface area (Å²) in [5.41, 5.74) is -0.0134. The fourth-order valence-electron chi connectivity index (χ4n) is 5.76. The molecule has 0 atom stereocenters. The molecule has 1 aliphatic carbocycles. The first-order valence-corrected chi connectivity index (χ1v) is 12.3. The van der Waals surface area contributed by atoms with E-state index in [0.29, 0.717) is 32.5 Å². The molecule has 1 aromatic carbocycles. The smallest absolute Gasteiger partial charge is 0.256 e. The van der Waals surface area contributed by atoms with E-state index in [1.54, 1.807) is 4.90 Å². The van der Waals surface area contributed by atoms with E-state index < -0.39 is 17.5 Å². The SMILES string of the molecule is O=C(NCC1(N2CCCCC2)CCCCC1)C1CCN(C(=O)c2ccc(F)cc2F)CC1. The van der Waals surface area contributed by atoms with Gasteiger partial charge in [-0.15, -0.1) is 0 Å². The molecule has 7 heteroatoms. The molecule has 0 spiro atoms. The van der Waals surface area contributed by atoms with Crippen molar-refractivity contribution in [3.8, 4) is 0 Å². The molecule has 3 aliphatic rings. The van der Waals surface area contributed by atoms with Crippen LogP contribution in [0.4, 0.5) is 8.78 Å². The van der Waals surface area contributed by atoms with Crippen molar-refractivity contribution >= 4 is 11.8 Å². The van der Waals surface area contributed by atoms with Crippen molar-refractivity contribution in [2.45, 2.75) is 69.7 Å². The third-order valence-corrected chi connectivity index (χ3v) is 7.72. The van der Waals surface area contributed by atoms with Crippen molar-refractivity contribution in [2.24, 2.45) is 5.92 Å². The first kappa shape index (κ1) is 23.1. The summed E-state index contributed by atoms with van der Waals surface area (Å²) in [7, 11) is 0. The number of nitrogens with zero attached hydrogens (tertiary/aromatic N) is 2. The molecule has 5 nitrogen and oxygen atoms in total. The number of likely N-dealkylation sites (tertiary alicyclic amines) is 2. The van der Waals surface area contributed by atoms with E-state index in [4.69, 9.17) is 0 Å². The van der Waals surface area contributed by atoms with E-state index in [-0.39, 0.29) is 22.9 Å². The van der Waals surface area contributed by atoms with Crippen LogP contribution in [0.1, 0.15) is 74.6 Å². The largest absolute Gasteiger partial charge is 0.354 e. The van der Waals surface area contributed by atoms with Gasteiger partial charge in [-0.05, 0) is 63.7 Å². The Bertz CT molecular complexity index is 811. The highest BCUT2D eigenvalue weighted by Crippen LogP contribution is 2.35. The maximum absolute atomic E-state index is 14.0. The van der Waals surface area contributed by atoms with Gasteiger partial charge in [0.05, 0.1) is 5.56 Å². The van der Waals surface area contributed by atoms with Gasteiger partial charge >= 0.3 is 0 Å². The molecular weight excluding hydrogens is 412 g/mol. The highest BCUT2D eigenvalue weighted by molar-refractivity contribution is 5.94. The molecule has 0 bridgehead atoms. The van der Waals surface area contributed by atoms with E-state index >= 15 is 0 Å². The number of nitrogens with one attached hydrogen (secondary N) is 1. The molecule has 1 aromatic rings. The molecule has 1 saturated carbocycles. The van der Waals surface area contributed by atoms with Gasteiger partial charge in [-0.25, -0.2) is 8.78 Å². The Morgan fingerprint density at radius 1 is 0.938 bits per heavy atom. The summed E-state index contributed by atoms with van der Waals surface area (Å²) in [4.78, 5) is 29.8. The normalized spacial score (nSPS) is 22.5. The predicted octanol–water partition coefficient (Wildman–Crippen LogP) is 4.12. The van der Waals surface area contributed by atoms with Crippen LogP contribution in [-0.2, 0) is 4.79 Å². The van der Waals surface area contributed by atoms with E-state index in [1.165, 1.54) is 44.6 Å². The zero-order valence-corrected chi connectivity index (χ0v) is 18.9. The topological polar surface area (TPSA) is 52.7 Å². The van der Waals surface area contributed by atoms with E-state index in [0.717, 1.165) is 38.1 Å². The number of rotatable bonds is 5. The Labute approximate surface area is 189 Å². The molecule has 32 heavy (non-hydrogen) atoms. The maximum Gasteiger partial charge on any atom is 0.256 e. The summed E-state index contributed by atoms with van der Waals surface area (Å²) < 4.78 is 27.1. The Kier molecular flexibility index (Phi) is 7.44. The number of hydrogen-bond donors (Lipinski definition) is 1. The quantitative estimate of drug-likeness (QED) is 0.739. The molecule has 0 radical (unpaired) electrons. The fraction of sp³-hybridized carbons (Fsp3) is 0.680. The minimum atomic E-state index is -0.842. The Hall–Kier alpha value is -2.02. The van der Waals surface area contributed by atoms with Crippen molar-refractivity contribution in [3.63, 3.8) is 0 Å². The standard InChI is InChI=1S/C25H35F2N3O2/c26-20-7-8-21(22(27)17-20)24(32)29-15-9-19(10-16-29)23(31)28-18-25(11-3-1-4-12-25)30-13-5-2-6-14-30/h7-8,17,19H,1-6,9-16,18H2,(H,28,31). The number of hydrogen-bond acceptors (Lipinski definition) is 3. The van der Waals surface area contributed by atoms with Crippen LogP contribution in [-0.4, -0.2) is 59.9 Å². The molecule has 2 aliphatic heterocycles. The second-order valence-corrected chi connectivity index (χ2v) is 9.74. The number of carbonyl (C=O) groups excluding carboxylic acids is 2. The van der Waals surface area contributed by atoms with E-state index in [1.807, 2.05) is 0 Å². The molecule has 3 fully saturated rings. The van der Waals surface area contributed by atoms with Crippen molar-refractivity contribution in [1.82, 2.24) is 15.1 Å². The third kappa shape index (κ3) is 5.13. The third-order valence-electron chi connectivity index (χ3n) is 7.72. The van der Waals surface area contributed by atoms with Gasteiger partial charge < -0.3 is 10.2 Å². The van der Waals surface area contributed by atoms with Gasteiger partial charge in [-0.1, -0.05) is 25.7 Å². The lowest BCUT2D eigenvalue weighted by molar-refractivity contribution is -0.127. The van der Waals surface area contributed by atoms with Gasteiger partial charge in [0.2, 0.25) is 5.91 Å². The van der Waals surface area contributed by atoms with Gasteiger partial charge in [0.15, 0.2) is 0 Å². The number of halogens is 2. The van der Waals surface area contributed by atoms with Gasteiger partial charge in [0, 0.05) is 37.2 Å². The van der Waals surface area contributed by atoms with Crippen LogP contribution in [0.3, 0.4) is 0 Å². The average Bonchev–Trinajstić information content (AvgIpc) is 2.83. The van der Waals surface area contributed by atoms with Crippen LogP contribution < -0.4 is 5.32 Å². The predicted molar refractivity (Wildman–Crippen MR) is 119 cm³/mol. The molecule has 4 rings (SSSR count). The lowest BCUT2D eigenvalue weighted by Crippen LogP contribution is -2.58. The first-order chi connectivity index (χ1) is 15.5. The highest BCUT2D eigenvalue weighted by Gasteiger charge is 2.39. The summed E-state index contributed by atoms with van der Waals surface area (Å²) in [5.74, 6) is -2.03. The minimum absolute atomic E-state index is 0.0759. The highest BCUT2D eigenvalue weighted by atomic mass is 19.1. The lowest BCUT2D eigenvalue weighted by atomic mass is 9.79. The molecule has 2 saturated heterocycles. The summed E-state index contributed by atoms with van der Waals surface area (Å²) in [6.45, 7) is 3.80. The molecular formula is C25H35F2N3O2. The summed E-state index contributed by atoms with van der Waals surface area (Å²) in [5, 5.41) is 3.27. The van der Waals surface area contributed by atoms with Crippen LogP contribution in [0, 0.1) is 17.6 Å². The molecule has 0 aromatic heterocycles. The maximum atomic E-state index is 14.0. The molecule has 2 amide bonds. The Balaban J connectivity index is 1.30. The van der Waals surface area contributed by atoms with Crippen LogP contribution in [0.5, 0.6) is 0 Å². The van der Waals surface area contributed by atoms with Crippen LogP contribution in [0.2, 0.25) is 0 Å². The summed E-state index contributed by atoms with van der Waals surface area (Å²) in [6, 6.07) is 3.02. The van der Waals surface area contributed by atoms with Crippen molar-refractivity contribution in [1.29, 1.82) is 0 Å². The molecule has 2 heterocycles. The molecule has 1 N–H and O–H groups in total. The van der Waals surface area contributed by atoms with Gasteiger partial charge in [-0.2, -0.15) is 0 Å². The van der Waals surface area contributed by atoms with Gasteiger partial charge in [0.25, 0.3) is 5.91 Å². The second kappa shape index (κ2) is 10.3. The molecule has 0 unspecified atom stereocenters. The van der Waals surface area contributed by atoms with Crippen molar-refractivity contribution in [3.05, 3.63) is 35.4 Å². The first-order valence-electron chi connectivity index (χ1n) is 12.3. The van der Waals surface area contributed by atoms with E-state index in [2.05, 4.69) is 10.2 Å². The number of piperidine rings is 2. The van der Waals surface area contributed by atoms with Crippen LogP contribution in [0.25, 0.3) is 0 Å². The summed E-state index contributed by atoms with van der Waals surface area (Å²) >= 11 is 0. The van der Waals surface area contributed by atoms with Crippen LogP contribution in [0.15, 0.2) is 18.2 Å². The number of benzene rings is 1. The number of carbonyl (C=O) groups is 2. The molecule has 176 valence electrons. The van der Waals surface area contributed by atoms with E-state index in [9.17, 15) is 18.4 Å². The average molecular weight is 448 g/mol. The number of amides is 2. The van der Waals surface area contributed by atoms with Crippen LogP contribution >= 0.6 is 0 Å². The van der Waals surface area contributed by atoms with Crippen molar-refractivity contribution in [2.75, 3.05) is 32.7 Å². The monoisotopic (exact) mass is 447 g/mol. The van der Waals surface area contributed by atoms with Gasteiger partial charge in [-0.3, -0.25) is 14.5 Å². The zero-order chi connectivity index (χ0) is 22.6. The zero-order valence-electron chi connectivity index (χ0n) is 18.9.